The first-order chi connectivity index (χ1) is 13.9. The van der Waals surface area contributed by atoms with Crippen LogP contribution in [-0.2, 0) is 14.2 Å². The lowest BCUT2D eigenvalue weighted by atomic mass is 9.79. The highest BCUT2D eigenvalue weighted by atomic mass is 32.1. The van der Waals surface area contributed by atoms with Crippen LogP contribution in [0.1, 0.15) is 22.5 Å². The number of thiazole rings is 1. The zero-order valence-corrected chi connectivity index (χ0v) is 16.6. The van der Waals surface area contributed by atoms with Crippen molar-refractivity contribution >= 4 is 22.4 Å². The average Bonchev–Trinajstić information content (AvgIpc) is 3.14. The molecule has 0 radical (unpaired) electrons. The molecule has 3 rings (SSSR count). The van der Waals surface area contributed by atoms with Gasteiger partial charge in [-0.25, -0.2) is 9.78 Å². The molecule has 0 spiro atoms. The molecule has 1 aliphatic carbocycles. The molecule has 7 nitrogen and oxygen atoms in total. The van der Waals surface area contributed by atoms with Gasteiger partial charge in [0.25, 0.3) is 0 Å². The van der Waals surface area contributed by atoms with Crippen molar-refractivity contribution in [3.8, 4) is 0 Å². The highest BCUT2D eigenvalue weighted by Crippen LogP contribution is 2.35. The number of halogens is 4. The summed E-state index contributed by atoms with van der Waals surface area (Å²) in [6.07, 6.45) is 2.88. The maximum atomic E-state index is 12.6. The lowest BCUT2D eigenvalue weighted by Crippen LogP contribution is -2.60. The van der Waals surface area contributed by atoms with Crippen LogP contribution in [0.4, 0.5) is 22.7 Å². The summed E-state index contributed by atoms with van der Waals surface area (Å²) in [5, 5.41) is 0.546. The zero-order chi connectivity index (χ0) is 21.0. The summed E-state index contributed by atoms with van der Waals surface area (Å²) in [7, 11) is 1.28. The van der Waals surface area contributed by atoms with E-state index in [1.54, 1.807) is 0 Å². The molecule has 0 bridgehead atoms. The van der Waals surface area contributed by atoms with Gasteiger partial charge in [-0.2, -0.15) is 17.6 Å². The minimum Gasteiger partial charge on any atom is -0.465 e. The van der Waals surface area contributed by atoms with Gasteiger partial charge in [-0.05, 0) is 18.8 Å². The first-order valence-electron chi connectivity index (χ1n) is 9.21. The van der Waals surface area contributed by atoms with Gasteiger partial charge in [0, 0.05) is 25.7 Å². The van der Waals surface area contributed by atoms with Crippen LogP contribution in [0.3, 0.4) is 0 Å². The maximum Gasteiger partial charge on any atom is 0.349 e. The van der Waals surface area contributed by atoms with Crippen LogP contribution in [0.15, 0.2) is 6.20 Å². The van der Waals surface area contributed by atoms with E-state index in [1.165, 1.54) is 13.3 Å². The van der Waals surface area contributed by atoms with Crippen LogP contribution >= 0.6 is 11.3 Å². The predicted octanol–water partition coefficient (Wildman–Crippen LogP) is 2.68. The second-order valence-electron chi connectivity index (χ2n) is 7.02. The van der Waals surface area contributed by atoms with Gasteiger partial charge in [0.05, 0.1) is 32.6 Å². The first-order valence-corrected chi connectivity index (χ1v) is 10.0. The van der Waals surface area contributed by atoms with Gasteiger partial charge in [-0.1, -0.05) is 11.3 Å². The molecule has 1 aromatic heterocycles. The van der Waals surface area contributed by atoms with E-state index in [2.05, 4.69) is 24.1 Å². The van der Waals surface area contributed by atoms with Crippen molar-refractivity contribution in [2.24, 2.45) is 5.92 Å². The van der Waals surface area contributed by atoms with Gasteiger partial charge < -0.3 is 19.1 Å². The fourth-order valence-electron chi connectivity index (χ4n) is 3.73. The molecule has 0 unspecified atom stereocenters. The monoisotopic (exact) mass is 441 g/mol. The Hall–Kier alpha value is -1.50. The zero-order valence-electron chi connectivity index (χ0n) is 15.8. The van der Waals surface area contributed by atoms with Crippen LogP contribution in [0, 0.1) is 5.92 Å². The Bertz CT molecular complexity index is 675. The normalized spacial score (nSPS) is 25.5. The summed E-state index contributed by atoms with van der Waals surface area (Å²) in [6, 6.07) is -0.162. The van der Waals surface area contributed by atoms with Crippen molar-refractivity contribution in [1.82, 2.24) is 9.88 Å². The fourth-order valence-corrected chi connectivity index (χ4v) is 4.66. The van der Waals surface area contributed by atoms with Crippen LogP contribution in [0.25, 0.3) is 0 Å². The molecule has 164 valence electrons. The van der Waals surface area contributed by atoms with E-state index >= 15 is 0 Å². The average molecular weight is 441 g/mol. The summed E-state index contributed by atoms with van der Waals surface area (Å²) in [6.45, 7) is -4.12. The number of carbonyl (C=O) groups is 1. The summed E-state index contributed by atoms with van der Waals surface area (Å²) in [5.74, 6) is -0.413. The van der Waals surface area contributed by atoms with Crippen molar-refractivity contribution in [2.75, 3.05) is 44.9 Å². The molecular weight excluding hydrogens is 418 g/mol. The summed E-state index contributed by atoms with van der Waals surface area (Å²) >= 11 is 1.14. The fraction of sp³-hybridized carbons (Fsp3) is 0.765. The molecule has 0 N–H and O–H groups in total. The Morgan fingerprint density at radius 3 is 2.55 bits per heavy atom. The van der Waals surface area contributed by atoms with Crippen LogP contribution in [0.5, 0.6) is 0 Å². The number of nitrogens with zero attached hydrogens (tertiary/aromatic N) is 3. The Morgan fingerprint density at radius 2 is 1.90 bits per heavy atom. The molecule has 2 fully saturated rings. The van der Waals surface area contributed by atoms with Crippen molar-refractivity contribution < 1.29 is 36.6 Å². The van der Waals surface area contributed by atoms with E-state index in [9.17, 15) is 22.4 Å². The maximum absolute atomic E-state index is 12.6. The molecule has 2 heterocycles. The third-order valence-electron chi connectivity index (χ3n) is 5.24. The van der Waals surface area contributed by atoms with Gasteiger partial charge in [-0.15, -0.1) is 0 Å². The van der Waals surface area contributed by atoms with E-state index in [0.717, 1.165) is 24.2 Å². The quantitative estimate of drug-likeness (QED) is 0.431. The molecule has 2 aliphatic rings. The second-order valence-corrected chi connectivity index (χ2v) is 8.03. The van der Waals surface area contributed by atoms with Crippen molar-refractivity contribution in [3.05, 3.63) is 11.1 Å². The van der Waals surface area contributed by atoms with Gasteiger partial charge in [0.1, 0.15) is 4.88 Å². The number of ether oxygens (including phenoxy) is 3. The van der Waals surface area contributed by atoms with E-state index in [4.69, 9.17) is 0 Å². The van der Waals surface area contributed by atoms with E-state index in [-0.39, 0.29) is 31.2 Å². The SMILES string of the molecule is COC(=O)c1cnc(N2CCN(C3CC(COC(F)F)C3)C[C@H]2COC(F)F)s1. The van der Waals surface area contributed by atoms with Crippen LogP contribution in [0.2, 0.25) is 0 Å². The number of piperazine rings is 1. The largest absolute Gasteiger partial charge is 0.465 e. The van der Waals surface area contributed by atoms with E-state index in [0.29, 0.717) is 29.6 Å². The van der Waals surface area contributed by atoms with Gasteiger partial charge in [0.15, 0.2) is 5.13 Å². The third-order valence-corrected chi connectivity index (χ3v) is 6.25. The molecule has 1 atom stereocenters. The molecule has 1 saturated heterocycles. The van der Waals surface area contributed by atoms with E-state index < -0.39 is 19.2 Å². The lowest BCUT2D eigenvalue weighted by molar-refractivity contribution is -0.150. The van der Waals surface area contributed by atoms with Crippen molar-refractivity contribution in [2.45, 2.75) is 38.1 Å². The second kappa shape index (κ2) is 10.0. The molecule has 1 aromatic rings. The summed E-state index contributed by atoms with van der Waals surface area (Å²) in [4.78, 5) is 20.3. The number of hydrogen-bond acceptors (Lipinski definition) is 8. The highest BCUT2D eigenvalue weighted by Gasteiger charge is 2.39. The molecular formula is C17H23F4N3O4S. The van der Waals surface area contributed by atoms with Gasteiger partial charge in [0.2, 0.25) is 0 Å². The van der Waals surface area contributed by atoms with E-state index in [1.807, 2.05) is 4.90 Å². The minimum atomic E-state index is -2.88. The van der Waals surface area contributed by atoms with Crippen molar-refractivity contribution in [3.63, 3.8) is 0 Å². The number of carbonyl (C=O) groups excluding carboxylic acids is 1. The van der Waals surface area contributed by atoms with Crippen molar-refractivity contribution in [1.29, 1.82) is 0 Å². The summed E-state index contributed by atoms with van der Waals surface area (Å²) < 4.78 is 63.1. The van der Waals surface area contributed by atoms with Gasteiger partial charge >= 0.3 is 19.2 Å². The topological polar surface area (TPSA) is 64.1 Å². The summed E-state index contributed by atoms with van der Waals surface area (Å²) in [5.41, 5.74) is 0. The van der Waals surface area contributed by atoms with Crippen LogP contribution in [-0.4, -0.2) is 81.1 Å². The Balaban J connectivity index is 1.60. The Kier molecular flexibility index (Phi) is 7.66. The molecule has 12 heteroatoms. The van der Waals surface area contributed by atoms with Crippen LogP contribution < -0.4 is 4.90 Å². The Labute approximate surface area is 169 Å². The number of anilines is 1. The number of aromatic nitrogens is 1. The number of rotatable bonds is 9. The molecule has 0 aromatic carbocycles. The first kappa shape index (κ1) is 22.2. The molecule has 0 amide bonds. The standard InChI is InChI=1S/C17H23F4N3O4S/c1-26-14(25)13-6-22-17(29-13)24-3-2-23(7-12(24)9-28-16(20)21)11-4-10(5-11)8-27-15(18)19/h6,10-12,15-16H,2-5,7-9H2,1H3/t10?,11?,12-/m0/s1. The number of alkyl halides is 4. The highest BCUT2D eigenvalue weighted by molar-refractivity contribution is 7.17. The Morgan fingerprint density at radius 1 is 1.21 bits per heavy atom. The molecule has 29 heavy (non-hydrogen) atoms. The number of methoxy groups -OCH3 is 1. The minimum absolute atomic E-state index is 0.0292. The predicted molar refractivity (Wildman–Crippen MR) is 96.6 cm³/mol. The van der Waals surface area contributed by atoms with Gasteiger partial charge in [-0.3, -0.25) is 4.90 Å². The third kappa shape index (κ3) is 5.77. The molecule has 1 aliphatic heterocycles. The smallest absolute Gasteiger partial charge is 0.349 e. The lowest BCUT2D eigenvalue weighted by Gasteiger charge is -2.49. The number of hydrogen-bond donors (Lipinski definition) is 0. The molecule has 1 saturated carbocycles. The number of esters is 1.